The Kier molecular flexibility index (Phi) is 32.7. The van der Waals surface area contributed by atoms with Gasteiger partial charge in [0.25, 0.3) is 0 Å². The first-order valence-corrected chi connectivity index (χ1v) is 27.6. The van der Waals surface area contributed by atoms with Crippen LogP contribution in [0.15, 0.2) is 84.6 Å². The molecule has 0 radical (unpaired) electrons. The first-order valence-electron chi connectivity index (χ1n) is 27.6. The van der Waals surface area contributed by atoms with E-state index in [9.17, 15) is 49.8 Å². The van der Waals surface area contributed by atoms with Crippen LogP contribution in [0.1, 0.15) is 148 Å². The average molecular weight is 1070 g/mol. The van der Waals surface area contributed by atoms with Crippen molar-refractivity contribution in [1.82, 2.24) is 0 Å². The fourth-order valence-electron chi connectivity index (χ4n) is 10.4. The zero-order valence-electron chi connectivity index (χ0n) is 48.1. The van der Waals surface area contributed by atoms with Gasteiger partial charge < -0.3 is 61.1 Å². The molecule has 2 aliphatic heterocycles. The molecule has 0 aromatic heterocycles. The van der Waals surface area contributed by atoms with Gasteiger partial charge in [0.15, 0.2) is 0 Å². The van der Waals surface area contributed by atoms with Crippen LogP contribution in [0.4, 0.5) is 9.59 Å². The van der Waals surface area contributed by atoms with Crippen LogP contribution in [0.2, 0.25) is 0 Å². The number of hydrogen-bond donors (Lipinski definition) is 8. The van der Waals surface area contributed by atoms with E-state index in [1.807, 2.05) is 120 Å². The van der Waals surface area contributed by atoms with Crippen LogP contribution in [-0.4, -0.2) is 116 Å². The smallest absolute Gasteiger partial charge is 0.404 e. The number of carbonyl (C=O) groups excluding carboxylic acids is 4. The van der Waals surface area contributed by atoms with E-state index in [0.717, 1.165) is 17.6 Å². The maximum atomic E-state index is 11.5. The molecule has 0 spiro atoms. The van der Waals surface area contributed by atoms with Gasteiger partial charge in [-0.05, 0) is 57.8 Å². The Morgan fingerprint density at radius 2 is 0.947 bits per heavy atom. The van der Waals surface area contributed by atoms with Gasteiger partial charge in [-0.15, -0.1) is 0 Å². The molecule has 0 unspecified atom stereocenters. The zero-order chi connectivity index (χ0) is 58.0. The lowest BCUT2D eigenvalue weighted by Crippen LogP contribution is -2.41. The van der Waals surface area contributed by atoms with E-state index in [1.54, 1.807) is 36.5 Å². The van der Waals surface area contributed by atoms with Crippen molar-refractivity contribution in [2.24, 2.45) is 70.6 Å². The molecule has 0 bridgehead atoms. The summed E-state index contributed by atoms with van der Waals surface area (Å²) in [5.41, 5.74) is 12.7. The predicted molar refractivity (Wildman–Crippen MR) is 298 cm³/mol. The molecule has 76 heavy (non-hydrogen) atoms. The molecule has 2 rings (SSSR count). The SMILES string of the molecule is C=C/C=C\[C@H](C)[C@H](OC(N)=O)[C@@H](C)[C@H](O)[C@@H](C)C/C(C)=C\[C@H](C)[C@@H](O)[C@@H](C)/C=C\[C@@H](O)C[C@H]1CCC(=O)O1.CC/C=C\[C@H](C)[C@H](OC(N)=O)[C@@H](C)[C@H](O)[C@@H](C)C/C(C)=C\[C@H](C)[C@@H](O)[C@@H](C)/C=C\[C@@H](O)C[C@H]1CCC(=O)O1. The van der Waals surface area contributed by atoms with Gasteiger partial charge in [0, 0.05) is 73.0 Å². The highest BCUT2D eigenvalue weighted by Gasteiger charge is 2.35. The monoisotopic (exact) mass is 1070 g/mol. The van der Waals surface area contributed by atoms with Crippen LogP contribution < -0.4 is 11.5 Å². The van der Waals surface area contributed by atoms with Gasteiger partial charge in [0.2, 0.25) is 0 Å². The quantitative estimate of drug-likeness (QED) is 0.0135. The lowest BCUT2D eigenvalue weighted by atomic mass is 9.81. The summed E-state index contributed by atoms with van der Waals surface area (Å²) in [7, 11) is 0. The van der Waals surface area contributed by atoms with Gasteiger partial charge in [0.1, 0.15) is 24.4 Å². The summed E-state index contributed by atoms with van der Waals surface area (Å²) in [4.78, 5) is 45.4. The number of aliphatic hydroxyl groups is 6. The van der Waals surface area contributed by atoms with E-state index in [1.165, 1.54) is 0 Å². The fraction of sp³-hybridized carbons (Fsp3) is 0.700. The number of amides is 2. The minimum absolute atomic E-state index is 0.0904. The molecule has 2 fully saturated rings. The number of cyclic esters (lactones) is 2. The van der Waals surface area contributed by atoms with E-state index in [0.29, 0.717) is 51.4 Å². The number of esters is 2. The third-order valence-corrected chi connectivity index (χ3v) is 14.8. The number of primary amides is 2. The molecule has 0 aliphatic carbocycles. The molecule has 2 heterocycles. The third kappa shape index (κ3) is 26.2. The van der Waals surface area contributed by atoms with Gasteiger partial charge in [-0.1, -0.05) is 161 Å². The van der Waals surface area contributed by atoms with E-state index >= 15 is 0 Å². The van der Waals surface area contributed by atoms with Crippen LogP contribution in [-0.2, 0) is 28.5 Å². The summed E-state index contributed by atoms with van der Waals surface area (Å²) in [6, 6.07) is 0. The molecule has 2 saturated heterocycles. The predicted octanol–water partition coefficient (Wildman–Crippen LogP) is 9.11. The molecule has 16 nitrogen and oxygen atoms in total. The summed E-state index contributed by atoms with van der Waals surface area (Å²) in [6.45, 7) is 28.7. The van der Waals surface area contributed by atoms with Crippen molar-refractivity contribution >= 4 is 24.1 Å². The Morgan fingerprint density at radius 1 is 0.579 bits per heavy atom. The Labute approximate surface area is 455 Å². The Bertz CT molecular complexity index is 1950. The first-order chi connectivity index (χ1) is 35.5. The van der Waals surface area contributed by atoms with Gasteiger partial charge in [-0.2, -0.15) is 0 Å². The standard InChI is InChI=1S/C30H51NO7.C30H49NO7/c2*1-8-9-10-20(4)29(38-30(31)36)23(7)28(35)22(6)16-18(2)15-21(5)27(34)19(3)11-12-24(32)17-25-13-14-26(33)37-25/h9-12,15,19-25,27-29,32,34-35H,8,13-14,16-17H2,1-7H3,(H2,31,36);8-12,15,19-25,27-29,32,34-35H,1,13-14,16-17H2,2-7H3,(H2,31,36)/b2*10-9-,12-11-,18-15-/t2*19-,20-,21-,22-,23-,24+,25+,27-,28+,29-/m00/s1. The Hall–Kier alpha value is -4.58. The van der Waals surface area contributed by atoms with Crippen molar-refractivity contribution in [3.63, 3.8) is 0 Å². The summed E-state index contributed by atoms with van der Waals surface area (Å²) in [5.74, 6) is -2.31. The van der Waals surface area contributed by atoms with Crippen LogP contribution in [0, 0.1) is 59.2 Å². The number of allylic oxidation sites excluding steroid dienone is 5. The van der Waals surface area contributed by atoms with Gasteiger partial charge in [-0.25, -0.2) is 9.59 Å². The maximum Gasteiger partial charge on any atom is 0.404 e. The number of rotatable bonds is 32. The van der Waals surface area contributed by atoms with Gasteiger partial charge >= 0.3 is 24.1 Å². The van der Waals surface area contributed by atoms with Crippen molar-refractivity contribution < 1.29 is 68.8 Å². The van der Waals surface area contributed by atoms with Crippen LogP contribution in [0.25, 0.3) is 0 Å². The van der Waals surface area contributed by atoms with Gasteiger partial charge in [0.05, 0.1) is 36.6 Å². The molecule has 20 atom stereocenters. The normalized spacial score (nSPS) is 23.8. The number of ether oxygens (including phenoxy) is 4. The lowest BCUT2D eigenvalue weighted by molar-refractivity contribution is -0.143. The molecule has 2 amide bonds. The molecular formula is C60H100N2O14. The summed E-state index contributed by atoms with van der Waals surface area (Å²) < 4.78 is 21.0. The van der Waals surface area contributed by atoms with Crippen molar-refractivity contribution in [3.8, 4) is 0 Å². The molecule has 0 aromatic carbocycles. The summed E-state index contributed by atoms with van der Waals surface area (Å²) >= 11 is 0. The minimum Gasteiger partial charge on any atom is -0.462 e. The summed E-state index contributed by atoms with van der Waals surface area (Å²) in [6.07, 6.45) is 17.4. The zero-order valence-corrected chi connectivity index (χ0v) is 48.1. The Balaban J connectivity index is 0.000000760. The molecule has 2 aliphatic rings. The fourth-order valence-corrected chi connectivity index (χ4v) is 10.4. The molecular weight excluding hydrogens is 973 g/mol. The lowest BCUT2D eigenvalue weighted by Gasteiger charge is -2.33. The first kappa shape index (κ1) is 69.4. The average Bonchev–Trinajstić information content (AvgIpc) is 3.97. The number of hydrogen-bond acceptors (Lipinski definition) is 14. The maximum absolute atomic E-state index is 11.5. The topological polar surface area (TPSA) is 279 Å². The molecule has 0 aromatic rings. The number of carbonyl (C=O) groups is 4. The highest BCUT2D eigenvalue weighted by Crippen LogP contribution is 2.31. The number of aliphatic hydroxyl groups excluding tert-OH is 6. The van der Waals surface area contributed by atoms with E-state index in [4.69, 9.17) is 30.4 Å². The number of nitrogens with two attached hydrogens (primary N) is 2. The second kappa shape index (κ2) is 35.8. The molecule has 0 saturated carbocycles. The van der Waals surface area contributed by atoms with Crippen molar-refractivity contribution in [1.29, 1.82) is 0 Å². The van der Waals surface area contributed by atoms with Crippen molar-refractivity contribution in [2.45, 2.75) is 209 Å². The second-order valence-electron chi connectivity index (χ2n) is 22.2. The third-order valence-electron chi connectivity index (χ3n) is 14.8. The molecule has 434 valence electrons. The van der Waals surface area contributed by atoms with Crippen LogP contribution in [0.5, 0.6) is 0 Å². The highest BCUT2D eigenvalue weighted by molar-refractivity contribution is 5.71. The Morgan fingerprint density at radius 3 is 1.26 bits per heavy atom. The van der Waals surface area contributed by atoms with Crippen molar-refractivity contribution in [3.05, 3.63) is 84.6 Å². The molecule has 10 N–H and O–H groups in total. The van der Waals surface area contributed by atoms with E-state index in [-0.39, 0.29) is 83.3 Å². The van der Waals surface area contributed by atoms with Crippen molar-refractivity contribution in [2.75, 3.05) is 0 Å². The second-order valence-corrected chi connectivity index (χ2v) is 22.2. The highest BCUT2D eigenvalue weighted by atomic mass is 16.6. The molecule has 16 heteroatoms. The largest absolute Gasteiger partial charge is 0.462 e. The van der Waals surface area contributed by atoms with E-state index < -0.39 is 61.0 Å². The van der Waals surface area contributed by atoms with Crippen LogP contribution >= 0.6 is 0 Å². The minimum atomic E-state index is -0.878. The van der Waals surface area contributed by atoms with Crippen LogP contribution in [0.3, 0.4) is 0 Å². The van der Waals surface area contributed by atoms with E-state index in [2.05, 4.69) is 6.58 Å². The summed E-state index contributed by atoms with van der Waals surface area (Å²) in [5, 5.41) is 64.2. The van der Waals surface area contributed by atoms with Gasteiger partial charge in [-0.3, -0.25) is 9.59 Å².